The largest absolute Gasteiger partial charge is 0.493 e. The molecule has 4 aromatic rings. The van der Waals surface area contributed by atoms with Crippen molar-refractivity contribution < 1.29 is 14.3 Å². The van der Waals surface area contributed by atoms with Crippen LogP contribution in [0.3, 0.4) is 0 Å². The van der Waals surface area contributed by atoms with Crippen LogP contribution < -0.4 is 14.8 Å². The Hall–Kier alpha value is -3.58. The first-order valence-corrected chi connectivity index (χ1v) is 9.78. The molecule has 7 heteroatoms. The number of hydrogen-bond acceptors (Lipinski definition) is 5. The average molecular weight is 405 g/mol. The molecule has 0 spiro atoms. The summed E-state index contributed by atoms with van der Waals surface area (Å²) in [5.41, 5.74) is 3.13. The first-order chi connectivity index (χ1) is 14.2. The average Bonchev–Trinajstić information content (AvgIpc) is 3.46. The maximum absolute atomic E-state index is 12.7. The molecule has 0 radical (unpaired) electrons. The number of aromatic nitrogens is 2. The van der Waals surface area contributed by atoms with E-state index in [0.717, 1.165) is 16.9 Å². The third kappa shape index (κ3) is 4.00. The van der Waals surface area contributed by atoms with Gasteiger partial charge in [-0.3, -0.25) is 10.1 Å². The number of carbonyl (C=O) groups is 1. The number of nitrogens with zero attached hydrogens (tertiary/aromatic N) is 2. The predicted octanol–water partition coefficient (Wildman–Crippen LogP) is 4.87. The fraction of sp³-hybridized carbons (Fsp3) is 0.0909. The monoisotopic (exact) mass is 405 g/mol. The van der Waals surface area contributed by atoms with Gasteiger partial charge in [-0.25, -0.2) is 4.98 Å². The Morgan fingerprint density at radius 1 is 1.00 bits per heavy atom. The molecule has 0 fully saturated rings. The first kappa shape index (κ1) is 18.8. The van der Waals surface area contributed by atoms with Gasteiger partial charge in [-0.1, -0.05) is 6.07 Å². The van der Waals surface area contributed by atoms with Crippen LogP contribution in [0.1, 0.15) is 10.4 Å². The summed E-state index contributed by atoms with van der Waals surface area (Å²) in [6.45, 7) is 0. The van der Waals surface area contributed by atoms with Gasteiger partial charge < -0.3 is 14.0 Å². The van der Waals surface area contributed by atoms with Crippen molar-refractivity contribution >= 4 is 22.4 Å². The molecule has 0 aliphatic heterocycles. The molecule has 1 N–H and O–H groups in total. The van der Waals surface area contributed by atoms with Gasteiger partial charge in [-0.2, -0.15) is 0 Å². The van der Waals surface area contributed by atoms with Crippen LogP contribution in [0.25, 0.3) is 16.9 Å². The fourth-order valence-corrected chi connectivity index (χ4v) is 3.66. The van der Waals surface area contributed by atoms with Crippen LogP contribution in [-0.4, -0.2) is 29.7 Å². The van der Waals surface area contributed by atoms with E-state index < -0.39 is 0 Å². The molecule has 2 aromatic carbocycles. The highest BCUT2D eigenvalue weighted by atomic mass is 32.1. The molecule has 29 heavy (non-hydrogen) atoms. The van der Waals surface area contributed by atoms with E-state index in [-0.39, 0.29) is 5.91 Å². The van der Waals surface area contributed by atoms with Gasteiger partial charge in [-0.15, -0.1) is 11.3 Å². The van der Waals surface area contributed by atoms with Crippen molar-refractivity contribution in [2.75, 3.05) is 19.5 Å². The van der Waals surface area contributed by atoms with Gasteiger partial charge in [0.2, 0.25) is 0 Å². The molecule has 0 atom stereocenters. The van der Waals surface area contributed by atoms with E-state index in [2.05, 4.69) is 10.3 Å². The maximum atomic E-state index is 12.7. The second-order valence-corrected chi connectivity index (χ2v) is 7.06. The molecule has 146 valence electrons. The lowest BCUT2D eigenvalue weighted by atomic mass is 10.1. The van der Waals surface area contributed by atoms with Crippen molar-refractivity contribution in [2.24, 2.45) is 0 Å². The van der Waals surface area contributed by atoms with Gasteiger partial charge in [0.05, 0.1) is 19.9 Å². The standard InChI is InChI=1S/C22H19N3O3S/c1-27-19-9-8-15(13-20(19)28-2)18-14-29-22(23-18)24-21(26)16-6-5-7-17(12-16)25-10-3-4-11-25/h3-14H,1-2H3,(H,23,24,26). The molecule has 4 rings (SSSR count). The Labute approximate surface area is 172 Å². The van der Waals surface area contributed by atoms with Gasteiger partial charge >= 0.3 is 0 Å². The van der Waals surface area contributed by atoms with E-state index in [4.69, 9.17) is 9.47 Å². The number of methoxy groups -OCH3 is 2. The molecule has 2 aromatic heterocycles. The summed E-state index contributed by atoms with van der Waals surface area (Å²) in [6.07, 6.45) is 3.88. The number of nitrogens with one attached hydrogen (secondary N) is 1. The second-order valence-electron chi connectivity index (χ2n) is 6.20. The molecule has 1 amide bonds. The summed E-state index contributed by atoms with van der Waals surface area (Å²) in [7, 11) is 3.19. The van der Waals surface area contributed by atoms with E-state index in [0.29, 0.717) is 22.2 Å². The number of carbonyl (C=O) groups excluding carboxylic acids is 1. The number of thiazole rings is 1. The second kappa shape index (κ2) is 8.20. The topological polar surface area (TPSA) is 65.4 Å². The van der Waals surface area contributed by atoms with Crippen molar-refractivity contribution in [3.8, 4) is 28.4 Å². The van der Waals surface area contributed by atoms with Crippen LogP contribution in [0, 0.1) is 0 Å². The summed E-state index contributed by atoms with van der Waals surface area (Å²) < 4.78 is 12.6. The minimum atomic E-state index is -0.202. The number of hydrogen-bond donors (Lipinski definition) is 1. The molecule has 2 heterocycles. The Balaban J connectivity index is 1.52. The van der Waals surface area contributed by atoms with Crippen molar-refractivity contribution in [3.05, 3.63) is 77.9 Å². The Morgan fingerprint density at radius 2 is 1.79 bits per heavy atom. The van der Waals surface area contributed by atoms with E-state index in [1.165, 1.54) is 11.3 Å². The number of rotatable bonds is 6. The fourth-order valence-electron chi connectivity index (χ4n) is 2.94. The summed E-state index contributed by atoms with van der Waals surface area (Å²) >= 11 is 1.37. The molecule has 0 saturated carbocycles. The highest BCUT2D eigenvalue weighted by Gasteiger charge is 2.12. The number of anilines is 1. The summed E-state index contributed by atoms with van der Waals surface area (Å²) in [6, 6.07) is 16.9. The van der Waals surface area contributed by atoms with E-state index >= 15 is 0 Å². The third-order valence-corrected chi connectivity index (χ3v) is 5.17. The SMILES string of the molecule is COc1ccc(-c2csc(NC(=O)c3cccc(-n4cccc4)c3)n2)cc1OC. The molecule has 0 aliphatic carbocycles. The van der Waals surface area contributed by atoms with Crippen molar-refractivity contribution in [1.29, 1.82) is 0 Å². The molecular weight excluding hydrogens is 386 g/mol. The maximum Gasteiger partial charge on any atom is 0.257 e. The van der Waals surface area contributed by atoms with E-state index in [9.17, 15) is 4.79 Å². The van der Waals surface area contributed by atoms with Crippen LogP contribution in [-0.2, 0) is 0 Å². The van der Waals surface area contributed by atoms with E-state index in [1.807, 2.05) is 70.9 Å². The van der Waals surface area contributed by atoms with Crippen LogP contribution >= 0.6 is 11.3 Å². The lowest BCUT2D eigenvalue weighted by molar-refractivity contribution is 0.102. The summed E-state index contributed by atoms with van der Waals surface area (Å²) in [5, 5.41) is 5.30. The van der Waals surface area contributed by atoms with Crippen molar-refractivity contribution in [2.45, 2.75) is 0 Å². The smallest absolute Gasteiger partial charge is 0.257 e. The molecule has 6 nitrogen and oxygen atoms in total. The lowest BCUT2D eigenvalue weighted by Crippen LogP contribution is -2.12. The lowest BCUT2D eigenvalue weighted by Gasteiger charge is -2.08. The Kier molecular flexibility index (Phi) is 5.31. The van der Waals surface area contributed by atoms with E-state index in [1.54, 1.807) is 20.3 Å². The molecular formula is C22H19N3O3S. The highest BCUT2D eigenvalue weighted by Crippen LogP contribution is 2.33. The Bertz CT molecular complexity index is 1140. The van der Waals surface area contributed by atoms with Crippen LogP contribution in [0.4, 0.5) is 5.13 Å². The van der Waals surface area contributed by atoms with Gasteiger partial charge in [-0.05, 0) is 48.5 Å². The number of amides is 1. The zero-order chi connectivity index (χ0) is 20.2. The minimum Gasteiger partial charge on any atom is -0.493 e. The highest BCUT2D eigenvalue weighted by molar-refractivity contribution is 7.14. The Morgan fingerprint density at radius 3 is 2.55 bits per heavy atom. The summed E-state index contributed by atoms with van der Waals surface area (Å²) in [5.74, 6) is 1.08. The van der Waals surface area contributed by atoms with Gasteiger partial charge in [0.15, 0.2) is 16.6 Å². The third-order valence-electron chi connectivity index (χ3n) is 4.41. The van der Waals surface area contributed by atoms with Gasteiger partial charge in [0.1, 0.15) is 0 Å². The van der Waals surface area contributed by atoms with Crippen LogP contribution in [0.5, 0.6) is 11.5 Å². The normalized spacial score (nSPS) is 10.6. The molecule has 0 unspecified atom stereocenters. The molecule has 0 bridgehead atoms. The summed E-state index contributed by atoms with van der Waals surface area (Å²) in [4.78, 5) is 17.2. The molecule has 0 saturated heterocycles. The number of benzene rings is 2. The predicted molar refractivity (Wildman–Crippen MR) is 114 cm³/mol. The molecule has 0 aliphatic rings. The van der Waals surface area contributed by atoms with Crippen molar-refractivity contribution in [1.82, 2.24) is 9.55 Å². The van der Waals surface area contributed by atoms with Crippen LogP contribution in [0.2, 0.25) is 0 Å². The zero-order valence-corrected chi connectivity index (χ0v) is 16.8. The van der Waals surface area contributed by atoms with Gasteiger partial charge in [0.25, 0.3) is 5.91 Å². The van der Waals surface area contributed by atoms with Gasteiger partial charge in [0, 0.05) is 34.6 Å². The number of ether oxygens (including phenoxy) is 2. The quantitative estimate of drug-likeness (QED) is 0.497. The zero-order valence-electron chi connectivity index (χ0n) is 16.0. The van der Waals surface area contributed by atoms with Crippen molar-refractivity contribution in [3.63, 3.8) is 0 Å². The minimum absolute atomic E-state index is 0.202. The van der Waals surface area contributed by atoms with Crippen LogP contribution in [0.15, 0.2) is 72.4 Å². The first-order valence-electron chi connectivity index (χ1n) is 8.90.